The van der Waals surface area contributed by atoms with Gasteiger partial charge < -0.3 is 4.74 Å². The number of rotatable bonds is 13. The first kappa shape index (κ1) is 25.6. The SMILES string of the molecule is CCCCCCCc1ccc(-c2ncc(-c3ccc(OC(=O)CCC(C)CC)cc3)cn2)cc1. The van der Waals surface area contributed by atoms with Crippen molar-refractivity contribution in [1.82, 2.24) is 9.97 Å². The molecule has 0 saturated carbocycles. The minimum Gasteiger partial charge on any atom is -0.427 e. The first-order valence-electron chi connectivity index (χ1n) is 12.8. The van der Waals surface area contributed by atoms with Crippen LogP contribution in [0.4, 0.5) is 0 Å². The summed E-state index contributed by atoms with van der Waals surface area (Å²) in [6.07, 6.45) is 13.7. The summed E-state index contributed by atoms with van der Waals surface area (Å²) in [6.45, 7) is 6.54. The average molecular weight is 459 g/mol. The smallest absolute Gasteiger partial charge is 0.311 e. The number of aryl methyl sites for hydroxylation is 1. The Morgan fingerprint density at radius 2 is 1.47 bits per heavy atom. The van der Waals surface area contributed by atoms with Crippen LogP contribution in [0.3, 0.4) is 0 Å². The summed E-state index contributed by atoms with van der Waals surface area (Å²) in [7, 11) is 0. The van der Waals surface area contributed by atoms with Crippen molar-refractivity contribution in [3.05, 3.63) is 66.5 Å². The fraction of sp³-hybridized carbons (Fsp3) is 0.433. The van der Waals surface area contributed by atoms with Crippen molar-refractivity contribution >= 4 is 5.97 Å². The Balaban J connectivity index is 1.53. The van der Waals surface area contributed by atoms with Gasteiger partial charge in [0.2, 0.25) is 0 Å². The lowest BCUT2D eigenvalue weighted by molar-refractivity contribution is -0.134. The molecule has 4 nitrogen and oxygen atoms in total. The van der Waals surface area contributed by atoms with Crippen LogP contribution in [0.25, 0.3) is 22.5 Å². The second-order valence-electron chi connectivity index (χ2n) is 9.21. The van der Waals surface area contributed by atoms with E-state index >= 15 is 0 Å². The van der Waals surface area contributed by atoms with E-state index in [4.69, 9.17) is 4.74 Å². The van der Waals surface area contributed by atoms with Crippen molar-refractivity contribution in [2.24, 2.45) is 5.92 Å². The summed E-state index contributed by atoms with van der Waals surface area (Å²) in [5, 5.41) is 0. The maximum absolute atomic E-state index is 12.0. The van der Waals surface area contributed by atoms with Crippen molar-refractivity contribution in [2.75, 3.05) is 0 Å². The molecule has 34 heavy (non-hydrogen) atoms. The molecule has 0 fully saturated rings. The van der Waals surface area contributed by atoms with Crippen LogP contribution in [0.1, 0.15) is 77.7 Å². The molecule has 0 aliphatic carbocycles. The molecule has 2 aromatic carbocycles. The third-order valence-corrected chi connectivity index (χ3v) is 6.39. The summed E-state index contributed by atoms with van der Waals surface area (Å²) in [5.41, 5.74) is 4.32. The molecule has 3 aromatic rings. The Morgan fingerprint density at radius 3 is 2.12 bits per heavy atom. The van der Waals surface area contributed by atoms with Crippen molar-refractivity contribution in [1.29, 1.82) is 0 Å². The minimum absolute atomic E-state index is 0.178. The molecule has 4 heteroatoms. The van der Waals surface area contributed by atoms with Gasteiger partial charge in [0.05, 0.1) is 0 Å². The number of aromatic nitrogens is 2. The van der Waals surface area contributed by atoms with Gasteiger partial charge in [0.15, 0.2) is 5.82 Å². The Kier molecular flexibility index (Phi) is 10.3. The van der Waals surface area contributed by atoms with E-state index in [0.717, 1.165) is 41.8 Å². The van der Waals surface area contributed by atoms with E-state index in [0.29, 0.717) is 18.1 Å². The topological polar surface area (TPSA) is 52.1 Å². The van der Waals surface area contributed by atoms with E-state index in [2.05, 4.69) is 55.0 Å². The van der Waals surface area contributed by atoms with Crippen LogP contribution in [-0.2, 0) is 11.2 Å². The molecule has 0 aliphatic heterocycles. The van der Waals surface area contributed by atoms with Crippen molar-refractivity contribution < 1.29 is 9.53 Å². The molecule has 3 rings (SSSR count). The average Bonchev–Trinajstić information content (AvgIpc) is 2.88. The standard InChI is InChI=1S/C30H38N2O2/c1-4-6-7-8-9-10-24-12-14-26(15-13-24)30-31-21-27(22-32-30)25-16-18-28(19-17-25)34-29(33)20-11-23(3)5-2/h12-19,21-23H,4-11,20H2,1-3H3. The lowest BCUT2D eigenvalue weighted by atomic mass is 10.0. The molecule has 1 atom stereocenters. The zero-order chi connectivity index (χ0) is 24.2. The Morgan fingerprint density at radius 1 is 0.824 bits per heavy atom. The van der Waals surface area contributed by atoms with Gasteiger partial charge in [0.1, 0.15) is 5.75 Å². The molecule has 0 spiro atoms. The number of esters is 1. The third-order valence-electron chi connectivity index (χ3n) is 6.39. The summed E-state index contributed by atoms with van der Waals surface area (Å²) in [4.78, 5) is 21.2. The molecule has 1 aromatic heterocycles. The first-order valence-corrected chi connectivity index (χ1v) is 12.8. The molecule has 0 aliphatic rings. The van der Waals surface area contributed by atoms with Gasteiger partial charge >= 0.3 is 5.97 Å². The molecule has 0 N–H and O–H groups in total. The van der Waals surface area contributed by atoms with Gasteiger partial charge in [0, 0.05) is 29.9 Å². The lowest BCUT2D eigenvalue weighted by Crippen LogP contribution is -2.09. The molecule has 0 radical (unpaired) electrons. The molecule has 1 unspecified atom stereocenters. The van der Waals surface area contributed by atoms with E-state index < -0.39 is 0 Å². The van der Waals surface area contributed by atoms with Crippen LogP contribution in [0.5, 0.6) is 5.75 Å². The van der Waals surface area contributed by atoms with E-state index in [9.17, 15) is 4.79 Å². The molecule has 0 bridgehead atoms. The van der Waals surface area contributed by atoms with Crippen molar-refractivity contribution in [3.63, 3.8) is 0 Å². The van der Waals surface area contributed by atoms with Gasteiger partial charge in [-0.05, 0) is 48.4 Å². The van der Waals surface area contributed by atoms with Gasteiger partial charge in [-0.3, -0.25) is 4.79 Å². The number of nitrogens with zero attached hydrogens (tertiary/aromatic N) is 2. The summed E-state index contributed by atoms with van der Waals surface area (Å²) < 4.78 is 5.46. The van der Waals surface area contributed by atoms with Gasteiger partial charge in [0.25, 0.3) is 0 Å². The maximum atomic E-state index is 12.0. The summed E-state index contributed by atoms with van der Waals surface area (Å²) >= 11 is 0. The van der Waals surface area contributed by atoms with Crippen LogP contribution < -0.4 is 4.74 Å². The molecular formula is C30H38N2O2. The zero-order valence-electron chi connectivity index (χ0n) is 20.9. The summed E-state index contributed by atoms with van der Waals surface area (Å²) in [6, 6.07) is 16.1. The van der Waals surface area contributed by atoms with Crippen molar-refractivity contribution in [2.45, 2.75) is 78.6 Å². The molecule has 0 saturated heterocycles. The highest BCUT2D eigenvalue weighted by molar-refractivity contribution is 5.73. The van der Waals surface area contributed by atoms with Crippen LogP contribution >= 0.6 is 0 Å². The van der Waals surface area contributed by atoms with E-state index in [-0.39, 0.29) is 5.97 Å². The van der Waals surface area contributed by atoms with Crippen molar-refractivity contribution in [3.8, 4) is 28.3 Å². The fourth-order valence-electron chi connectivity index (χ4n) is 3.85. The zero-order valence-corrected chi connectivity index (χ0v) is 20.9. The molecule has 0 amide bonds. The number of hydrogen-bond acceptors (Lipinski definition) is 4. The lowest BCUT2D eigenvalue weighted by Gasteiger charge is -2.09. The predicted molar refractivity (Wildman–Crippen MR) is 140 cm³/mol. The minimum atomic E-state index is -0.178. The van der Waals surface area contributed by atoms with Gasteiger partial charge in [-0.25, -0.2) is 9.97 Å². The molecule has 180 valence electrons. The van der Waals surface area contributed by atoms with Gasteiger partial charge in [-0.2, -0.15) is 0 Å². The van der Waals surface area contributed by atoms with E-state index in [1.165, 1.54) is 37.7 Å². The number of unbranched alkanes of at least 4 members (excludes halogenated alkanes) is 4. The Bertz CT molecular complexity index is 995. The normalized spacial score (nSPS) is 11.9. The van der Waals surface area contributed by atoms with Gasteiger partial charge in [-0.1, -0.05) is 89.3 Å². The molecular weight excluding hydrogens is 420 g/mol. The van der Waals surface area contributed by atoms with E-state index in [1.54, 1.807) is 0 Å². The Labute approximate surface area is 204 Å². The quantitative estimate of drug-likeness (QED) is 0.148. The highest BCUT2D eigenvalue weighted by atomic mass is 16.5. The molecule has 1 heterocycles. The second kappa shape index (κ2) is 13.6. The Hall–Kier alpha value is -3.01. The highest BCUT2D eigenvalue weighted by Crippen LogP contribution is 2.24. The predicted octanol–water partition coefficient (Wildman–Crippen LogP) is 8.06. The number of ether oxygens (including phenoxy) is 1. The third kappa shape index (κ3) is 8.09. The fourth-order valence-corrected chi connectivity index (χ4v) is 3.85. The van der Waals surface area contributed by atoms with E-state index in [1.807, 2.05) is 36.7 Å². The first-order chi connectivity index (χ1) is 16.6. The largest absolute Gasteiger partial charge is 0.427 e. The van der Waals surface area contributed by atoms with Crippen LogP contribution in [0.15, 0.2) is 60.9 Å². The van der Waals surface area contributed by atoms with Gasteiger partial charge in [-0.15, -0.1) is 0 Å². The monoisotopic (exact) mass is 458 g/mol. The number of benzene rings is 2. The summed E-state index contributed by atoms with van der Waals surface area (Å²) in [5.74, 6) is 1.66. The second-order valence-corrected chi connectivity index (χ2v) is 9.21. The number of hydrogen-bond donors (Lipinski definition) is 0. The van der Waals surface area contributed by atoms with Crippen LogP contribution in [-0.4, -0.2) is 15.9 Å². The van der Waals surface area contributed by atoms with Crippen LogP contribution in [0, 0.1) is 5.92 Å². The highest BCUT2D eigenvalue weighted by Gasteiger charge is 2.09. The number of carbonyl (C=O) groups is 1. The number of carbonyl (C=O) groups excluding carboxylic acids is 1. The van der Waals surface area contributed by atoms with Crippen LogP contribution in [0.2, 0.25) is 0 Å². The maximum Gasteiger partial charge on any atom is 0.311 e.